The lowest BCUT2D eigenvalue weighted by atomic mass is 10.1. The van der Waals surface area contributed by atoms with Crippen LogP contribution in [0.25, 0.3) is 0 Å². The van der Waals surface area contributed by atoms with Gasteiger partial charge in [-0.1, -0.05) is 26.2 Å². The quantitative estimate of drug-likeness (QED) is 0.751. The minimum atomic E-state index is 0.0317. The molecule has 0 fully saturated rings. The van der Waals surface area contributed by atoms with Crippen LogP contribution in [0.3, 0.4) is 0 Å². The van der Waals surface area contributed by atoms with Crippen LogP contribution in [0.4, 0.5) is 5.69 Å². The molecular formula is C13H22N2O. The van der Waals surface area contributed by atoms with E-state index in [9.17, 15) is 4.79 Å². The predicted molar refractivity (Wildman–Crippen MR) is 68.9 cm³/mol. The normalized spacial score (nSPS) is 12.4. The van der Waals surface area contributed by atoms with Crippen molar-refractivity contribution in [2.75, 3.05) is 5.32 Å². The third-order valence-electron chi connectivity index (χ3n) is 2.74. The Hall–Kier alpha value is -1.25. The van der Waals surface area contributed by atoms with Crippen molar-refractivity contribution < 1.29 is 0 Å². The van der Waals surface area contributed by atoms with Crippen LogP contribution in [-0.4, -0.2) is 10.6 Å². The molecule has 1 unspecified atom stereocenters. The summed E-state index contributed by atoms with van der Waals surface area (Å²) < 4.78 is 1.60. The zero-order valence-corrected chi connectivity index (χ0v) is 10.5. The Bertz CT molecular complexity index is 370. The highest BCUT2D eigenvalue weighted by atomic mass is 16.1. The lowest BCUT2D eigenvalue weighted by Crippen LogP contribution is -2.19. The Kier molecular flexibility index (Phi) is 5.09. The van der Waals surface area contributed by atoms with Gasteiger partial charge >= 0.3 is 0 Å². The number of unbranched alkanes of at least 4 members (excludes halogenated alkanes) is 2. The number of pyridine rings is 1. The topological polar surface area (TPSA) is 34.0 Å². The van der Waals surface area contributed by atoms with Gasteiger partial charge in [0.05, 0.1) is 5.69 Å². The summed E-state index contributed by atoms with van der Waals surface area (Å²) in [6, 6.07) is 3.91. The Morgan fingerprint density at radius 1 is 1.38 bits per heavy atom. The molecule has 16 heavy (non-hydrogen) atoms. The Morgan fingerprint density at radius 2 is 2.12 bits per heavy atom. The molecule has 1 heterocycles. The van der Waals surface area contributed by atoms with Gasteiger partial charge in [0.1, 0.15) is 0 Å². The number of anilines is 1. The first-order valence-corrected chi connectivity index (χ1v) is 6.06. The molecule has 0 radical (unpaired) electrons. The highest BCUT2D eigenvalue weighted by Gasteiger charge is 2.02. The van der Waals surface area contributed by atoms with Crippen molar-refractivity contribution in [3.63, 3.8) is 0 Å². The van der Waals surface area contributed by atoms with Gasteiger partial charge in [0.15, 0.2) is 0 Å². The van der Waals surface area contributed by atoms with Gasteiger partial charge in [0.2, 0.25) is 5.56 Å². The molecule has 0 spiro atoms. The summed E-state index contributed by atoms with van der Waals surface area (Å²) in [6.07, 6.45) is 6.83. The number of nitrogens with one attached hydrogen (secondary N) is 1. The number of aryl methyl sites for hydroxylation is 1. The van der Waals surface area contributed by atoms with E-state index in [0.717, 1.165) is 5.69 Å². The van der Waals surface area contributed by atoms with Gasteiger partial charge in [-0.2, -0.15) is 0 Å². The number of hydrogen-bond acceptors (Lipinski definition) is 2. The van der Waals surface area contributed by atoms with E-state index in [0.29, 0.717) is 6.04 Å². The number of rotatable bonds is 6. The number of aromatic nitrogens is 1. The van der Waals surface area contributed by atoms with Gasteiger partial charge in [-0.05, 0) is 19.4 Å². The smallest absolute Gasteiger partial charge is 0.250 e. The monoisotopic (exact) mass is 222 g/mol. The largest absolute Gasteiger partial charge is 0.381 e. The molecule has 0 aromatic carbocycles. The first kappa shape index (κ1) is 12.8. The molecule has 1 rings (SSSR count). The molecule has 1 N–H and O–H groups in total. The van der Waals surface area contributed by atoms with E-state index in [-0.39, 0.29) is 5.56 Å². The molecule has 1 aromatic heterocycles. The van der Waals surface area contributed by atoms with E-state index in [4.69, 9.17) is 0 Å². The average molecular weight is 222 g/mol. The molecule has 3 heteroatoms. The Morgan fingerprint density at radius 3 is 2.75 bits per heavy atom. The summed E-state index contributed by atoms with van der Waals surface area (Å²) in [5.41, 5.74) is 1.05. The Labute approximate surface area is 97.5 Å². The molecule has 0 aliphatic rings. The van der Waals surface area contributed by atoms with Crippen LogP contribution >= 0.6 is 0 Å². The molecule has 90 valence electrons. The third-order valence-corrected chi connectivity index (χ3v) is 2.74. The summed E-state index contributed by atoms with van der Waals surface area (Å²) in [5.74, 6) is 0. The molecule has 0 saturated carbocycles. The van der Waals surface area contributed by atoms with Crippen LogP contribution in [0.5, 0.6) is 0 Å². The zero-order chi connectivity index (χ0) is 12.0. The summed E-state index contributed by atoms with van der Waals surface area (Å²) in [4.78, 5) is 11.2. The molecular weight excluding hydrogens is 200 g/mol. The summed E-state index contributed by atoms with van der Waals surface area (Å²) in [5, 5.41) is 3.41. The number of hydrogen-bond donors (Lipinski definition) is 1. The van der Waals surface area contributed by atoms with E-state index < -0.39 is 0 Å². The van der Waals surface area contributed by atoms with E-state index in [2.05, 4.69) is 19.2 Å². The fourth-order valence-electron chi connectivity index (χ4n) is 1.74. The summed E-state index contributed by atoms with van der Waals surface area (Å²) >= 11 is 0. The minimum absolute atomic E-state index is 0.0317. The molecule has 1 aromatic rings. The Balaban J connectivity index is 2.46. The fourth-order valence-corrected chi connectivity index (χ4v) is 1.74. The second-order valence-electron chi connectivity index (χ2n) is 4.41. The highest BCUT2D eigenvalue weighted by molar-refractivity contribution is 5.40. The van der Waals surface area contributed by atoms with Crippen molar-refractivity contribution in [1.82, 2.24) is 4.57 Å². The lowest BCUT2D eigenvalue weighted by molar-refractivity contribution is 0.614. The van der Waals surface area contributed by atoms with Gasteiger partial charge in [-0.25, -0.2) is 0 Å². The van der Waals surface area contributed by atoms with Crippen molar-refractivity contribution in [3.05, 3.63) is 28.7 Å². The van der Waals surface area contributed by atoms with Crippen molar-refractivity contribution in [2.45, 2.75) is 45.6 Å². The molecule has 0 aliphatic heterocycles. The molecule has 3 nitrogen and oxygen atoms in total. The van der Waals surface area contributed by atoms with Gasteiger partial charge in [0.25, 0.3) is 0 Å². The van der Waals surface area contributed by atoms with Gasteiger partial charge in [-0.15, -0.1) is 0 Å². The van der Waals surface area contributed by atoms with E-state index in [1.54, 1.807) is 17.7 Å². The van der Waals surface area contributed by atoms with Gasteiger partial charge in [0, 0.05) is 25.4 Å². The molecule has 0 aliphatic carbocycles. The van der Waals surface area contributed by atoms with E-state index in [1.165, 1.54) is 25.7 Å². The van der Waals surface area contributed by atoms with Crippen LogP contribution in [0.2, 0.25) is 0 Å². The maximum Gasteiger partial charge on any atom is 0.250 e. The summed E-state index contributed by atoms with van der Waals surface area (Å²) in [7, 11) is 1.77. The van der Waals surface area contributed by atoms with Crippen molar-refractivity contribution in [2.24, 2.45) is 7.05 Å². The van der Waals surface area contributed by atoms with Gasteiger partial charge in [-0.3, -0.25) is 4.79 Å². The lowest BCUT2D eigenvalue weighted by Gasteiger charge is -2.15. The minimum Gasteiger partial charge on any atom is -0.381 e. The van der Waals surface area contributed by atoms with Crippen LogP contribution in [0.1, 0.15) is 39.5 Å². The maximum atomic E-state index is 11.2. The maximum absolute atomic E-state index is 11.2. The molecule has 1 atom stereocenters. The molecule has 0 bridgehead atoms. The average Bonchev–Trinajstić information content (AvgIpc) is 2.24. The van der Waals surface area contributed by atoms with E-state index >= 15 is 0 Å². The first-order valence-electron chi connectivity index (χ1n) is 6.06. The molecule has 0 amide bonds. The van der Waals surface area contributed by atoms with Crippen LogP contribution in [0, 0.1) is 0 Å². The summed E-state index contributed by atoms with van der Waals surface area (Å²) in [6.45, 7) is 4.39. The second-order valence-corrected chi connectivity index (χ2v) is 4.41. The van der Waals surface area contributed by atoms with Crippen LogP contribution in [-0.2, 0) is 7.05 Å². The van der Waals surface area contributed by atoms with Gasteiger partial charge < -0.3 is 9.88 Å². The van der Waals surface area contributed by atoms with Crippen molar-refractivity contribution >= 4 is 5.69 Å². The number of nitrogens with zero attached hydrogens (tertiary/aromatic N) is 1. The second kappa shape index (κ2) is 6.36. The van der Waals surface area contributed by atoms with Crippen molar-refractivity contribution in [1.29, 1.82) is 0 Å². The highest BCUT2D eigenvalue weighted by Crippen LogP contribution is 2.09. The predicted octanol–water partition coefficient (Wildman–Crippen LogP) is 2.77. The third kappa shape index (κ3) is 4.09. The van der Waals surface area contributed by atoms with Crippen molar-refractivity contribution in [3.8, 4) is 0 Å². The SMILES string of the molecule is CCCCCC(C)Nc1ccc(=O)n(C)c1. The van der Waals surface area contributed by atoms with E-state index in [1.807, 2.05) is 12.3 Å². The van der Waals surface area contributed by atoms with Crippen LogP contribution < -0.4 is 10.9 Å². The van der Waals surface area contributed by atoms with Crippen LogP contribution in [0.15, 0.2) is 23.1 Å². The molecule has 0 saturated heterocycles. The zero-order valence-electron chi connectivity index (χ0n) is 10.5. The fraction of sp³-hybridized carbons (Fsp3) is 0.615. The standard InChI is InChI=1S/C13H22N2O/c1-4-5-6-7-11(2)14-12-8-9-13(16)15(3)10-12/h8-11,14H,4-7H2,1-3H3. The first-order chi connectivity index (χ1) is 7.63.